The number of hydrogen-bond acceptors (Lipinski definition) is 9. The Bertz CT molecular complexity index is 1970. The van der Waals surface area contributed by atoms with E-state index in [0.717, 1.165) is 11.3 Å². The third kappa shape index (κ3) is 6.53. The SMILES string of the molecule is CCOC(=O)C1=C(C)N=c2s/c(=C\c3ccc(OCc4cccc(C(=O)O)c4)c(OC)c3)c(=O)n2[C@@H]1c1ccc(N(C)C)cc1. The van der Waals surface area contributed by atoms with Gasteiger partial charge in [-0.05, 0) is 73.0 Å². The van der Waals surface area contributed by atoms with Crippen molar-refractivity contribution in [1.82, 2.24) is 4.57 Å². The lowest BCUT2D eigenvalue weighted by Crippen LogP contribution is -2.39. The van der Waals surface area contributed by atoms with E-state index in [-0.39, 0.29) is 24.3 Å². The maximum absolute atomic E-state index is 14.0. The van der Waals surface area contributed by atoms with E-state index >= 15 is 0 Å². The lowest BCUT2D eigenvalue weighted by molar-refractivity contribution is -0.139. The smallest absolute Gasteiger partial charge is 0.338 e. The summed E-state index contributed by atoms with van der Waals surface area (Å²) in [6.45, 7) is 3.84. The van der Waals surface area contributed by atoms with Crippen molar-refractivity contribution in [1.29, 1.82) is 0 Å². The number of rotatable bonds is 10. The van der Waals surface area contributed by atoms with Crippen LogP contribution in [0.4, 0.5) is 5.69 Å². The number of carbonyl (C=O) groups is 2. The third-order valence-corrected chi connectivity index (χ3v) is 8.28. The average molecular weight is 628 g/mol. The van der Waals surface area contributed by atoms with E-state index in [9.17, 15) is 19.5 Å². The molecule has 0 aliphatic carbocycles. The van der Waals surface area contributed by atoms with Crippen LogP contribution < -0.4 is 29.3 Å². The second-order valence-corrected chi connectivity index (χ2v) is 11.5. The van der Waals surface area contributed by atoms with Crippen LogP contribution in [0.5, 0.6) is 11.5 Å². The molecule has 45 heavy (non-hydrogen) atoms. The van der Waals surface area contributed by atoms with Gasteiger partial charge in [0.2, 0.25) is 0 Å². The van der Waals surface area contributed by atoms with Gasteiger partial charge in [0.05, 0.1) is 41.1 Å². The van der Waals surface area contributed by atoms with E-state index in [0.29, 0.717) is 43.2 Å². The van der Waals surface area contributed by atoms with Crippen LogP contribution in [0.3, 0.4) is 0 Å². The van der Waals surface area contributed by atoms with E-state index in [4.69, 9.17) is 14.2 Å². The number of methoxy groups -OCH3 is 1. The second-order valence-electron chi connectivity index (χ2n) is 10.5. The number of allylic oxidation sites excluding steroid dienone is 1. The molecule has 0 amide bonds. The third-order valence-electron chi connectivity index (χ3n) is 7.30. The summed E-state index contributed by atoms with van der Waals surface area (Å²) in [6.07, 6.45) is 1.75. The van der Waals surface area contributed by atoms with E-state index in [2.05, 4.69) is 4.99 Å². The Labute approximate surface area is 263 Å². The van der Waals surface area contributed by atoms with Gasteiger partial charge in [-0.3, -0.25) is 9.36 Å². The fraction of sp³-hybridized carbons (Fsp3) is 0.235. The predicted molar refractivity (Wildman–Crippen MR) is 172 cm³/mol. The average Bonchev–Trinajstić information content (AvgIpc) is 3.33. The molecule has 0 radical (unpaired) electrons. The molecule has 1 atom stereocenters. The van der Waals surface area contributed by atoms with E-state index in [1.54, 1.807) is 60.9 Å². The summed E-state index contributed by atoms with van der Waals surface area (Å²) in [5.41, 5.74) is 3.87. The number of carbonyl (C=O) groups excluding carboxylic acids is 1. The van der Waals surface area contributed by atoms with Gasteiger partial charge < -0.3 is 24.2 Å². The number of fused-ring (bicyclic) bond motifs is 1. The van der Waals surface area contributed by atoms with Crippen LogP contribution in [-0.2, 0) is 16.1 Å². The molecule has 0 unspecified atom stereocenters. The Morgan fingerprint density at radius 2 is 1.82 bits per heavy atom. The molecule has 0 fully saturated rings. The molecule has 5 rings (SSSR count). The molecule has 0 saturated carbocycles. The minimum atomic E-state index is -1.01. The molecule has 1 N–H and O–H groups in total. The summed E-state index contributed by atoms with van der Waals surface area (Å²) < 4.78 is 18.9. The van der Waals surface area contributed by atoms with Crippen molar-refractivity contribution in [3.05, 3.63) is 120 Å². The van der Waals surface area contributed by atoms with Crippen LogP contribution in [0.25, 0.3) is 6.08 Å². The van der Waals surface area contributed by atoms with Crippen LogP contribution in [-0.4, -0.2) is 49.4 Å². The van der Waals surface area contributed by atoms with Gasteiger partial charge in [0.25, 0.3) is 5.56 Å². The maximum atomic E-state index is 14.0. The number of ether oxygens (including phenoxy) is 3. The van der Waals surface area contributed by atoms with E-state index in [1.807, 2.05) is 43.3 Å². The molecular weight excluding hydrogens is 594 g/mol. The van der Waals surface area contributed by atoms with Crippen molar-refractivity contribution in [2.45, 2.75) is 26.5 Å². The highest BCUT2D eigenvalue weighted by atomic mass is 32.1. The van der Waals surface area contributed by atoms with Crippen LogP contribution in [0.1, 0.15) is 46.9 Å². The Morgan fingerprint density at radius 1 is 1.07 bits per heavy atom. The summed E-state index contributed by atoms with van der Waals surface area (Å²) in [7, 11) is 5.41. The maximum Gasteiger partial charge on any atom is 0.338 e. The predicted octanol–water partition coefficient (Wildman–Crippen LogP) is 4.15. The number of carboxylic acid groups (broad SMARTS) is 1. The quantitative estimate of drug-likeness (QED) is 0.261. The highest BCUT2D eigenvalue weighted by Gasteiger charge is 2.33. The molecule has 3 aromatic carbocycles. The number of thiazole rings is 1. The molecule has 0 bridgehead atoms. The number of esters is 1. The highest BCUT2D eigenvalue weighted by molar-refractivity contribution is 7.07. The van der Waals surface area contributed by atoms with Gasteiger partial charge in [-0.25, -0.2) is 14.6 Å². The first-order valence-electron chi connectivity index (χ1n) is 14.2. The van der Waals surface area contributed by atoms with Crippen molar-refractivity contribution < 1.29 is 28.9 Å². The van der Waals surface area contributed by atoms with Crippen molar-refractivity contribution in [3.8, 4) is 11.5 Å². The molecule has 232 valence electrons. The Kier molecular flexibility index (Phi) is 9.19. The summed E-state index contributed by atoms with van der Waals surface area (Å²) in [6, 6.07) is 18.8. The first-order chi connectivity index (χ1) is 21.6. The fourth-order valence-corrected chi connectivity index (χ4v) is 6.11. The number of anilines is 1. The fourth-order valence-electron chi connectivity index (χ4n) is 5.06. The number of hydrogen-bond donors (Lipinski definition) is 1. The zero-order valence-electron chi connectivity index (χ0n) is 25.6. The van der Waals surface area contributed by atoms with E-state index < -0.39 is 18.0 Å². The van der Waals surface area contributed by atoms with Crippen LogP contribution >= 0.6 is 11.3 Å². The number of benzene rings is 3. The summed E-state index contributed by atoms with van der Waals surface area (Å²) in [5.74, 6) is -0.604. The number of carboxylic acids is 1. The molecule has 1 aromatic heterocycles. The zero-order valence-corrected chi connectivity index (χ0v) is 26.4. The summed E-state index contributed by atoms with van der Waals surface area (Å²) >= 11 is 1.24. The Morgan fingerprint density at radius 3 is 2.49 bits per heavy atom. The molecule has 1 aliphatic rings. The molecule has 1 aliphatic heterocycles. The van der Waals surface area contributed by atoms with Crippen LogP contribution in [0.2, 0.25) is 0 Å². The molecule has 2 heterocycles. The topological polar surface area (TPSA) is 120 Å². The van der Waals surface area contributed by atoms with Gasteiger partial charge in [0.15, 0.2) is 16.3 Å². The largest absolute Gasteiger partial charge is 0.493 e. The minimum absolute atomic E-state index is 0.146. The molecular formula is C34H33N3O7S. The van der Waals surface area contributed by atoms with Gasteiger partial charge in [-0.15, -0.1) is 0 Å². The summed E-state index contributed by atoms with van der Waals surface area (Å²) in [5, 5.41) is 9.26. The van der Waals surface area contributed by atoms with Crippen LogP contribution in [0, 0.1) is 0 Å². The molecule has 0 spiro atoms. The normalized spacial score (nSPS) is 14.4. The van der Waals surface area contributed by atoms with E-state index in [1.165, 1.54) is 24.5 Å². The van der Waals surface area contributed by atoms with Crippen molar-refractivity contribution >= 4 is 35.0 Å². The van der Waals surface area contributed by atoms with Crippen molar-refractivity contribution in [2.24, 2.45) is 4.99 Å². The lowest BCUT2D eigenvalue weighted by atomic mass is 9.95. The number of aromatic carboxylic acids is 1. The number of nitrogens with zero attached hydrogens (tertiary/aromatic N) is 3. The van der Waals surface area contributed by atoms with Gasteiger partial charge in [-0.1, -0.05) is 41.7 Å². The van der Waals surface area contributed by atoms with Gasteiger partial charge >= 0.3 is 11.9 Å². The first kappa shape index (κ1) is 31.3. The highest BCUT2D eigenvalue weighted by Crippen LogP contribution is 2.32. The van der Waals surface area contributed by atoms with Crippen molar-refractivity contribution in [3.63, 3.8) is 0 Å². The van der Waals surface area contributed by atoms with Gasteiger partial charge in [0.1, 0.15) is 6.61 Å². The van der Waals surface area contributed by atoms with Gasteiger partial charge in [0, 0.05) is 19.8 Å². The monoisotopic (exact) mass is 627 g/mol. The zero-order chi connectivity index (χ0) is 32.2. The molecule has 4 aromatic rings. The Balaban J connectivity index is 1.52. The van der Waals surface area contributed by atoms with Crippen LogP contribution in [0.15, 0.2) is 87.8 Å². The molecule has 0 saturated heterocycles. The molecule has 11 heteroatoms. The first-order valence-corrected chi connectivity index (χ1v) is 15.0. The minimum Gasteiger partial charge on any atom is -0.493 e. The van der Waals surface area contributed by atoms with Crippen molar-refractivity contribution in [2.75, 3.05) is 32.7 Å². The lowest BCUT2D eigenvalue weighted by Gasteiger charge is -2.25. The van der Waals surface area contributed by atoms with Gasteiger partial charge in [-0.2, -0.15) is 0 Å². The Hall–Kier alpha value is -5.16. The number of aromatic nitrogens is 1. The second kappa shape index (κ2) is 13.2. The molecule has 10 nitrogen and oxygen atoms in total. The summed E-state index contributed by atoms with van der Waals surface area (Å²) in [4.78, 5) is 45.5. The standard InChI is InChI=1S/C34H33N3O7S/c1-6-43-33(41)29-20(2)35-34-37(30(29)23-11-13-25(14-12-23)36(3)4)31(38)28(45-34)18-21-10-15-26(27(17-21)42-5)44-19-22-8-7-9-24(16-22)32(39)40/h7-18,30H,6,19H2,1-5H3,(H,39,40)/b28-18-/t30-/m1/s1.